The van der Waals surface area contributed by atoms with Crippen LogP contribution in [0.5, 0.6) is 0 Å². The Balaban J connectivity index is 1.78. The fourth-order valence-corrected chi connectivity index (χ4v) is 2.21. The first-order valence-electron chi connectivity index (χ1n) is 6.97. The molecular formula is C15H18N4O. The normalized spacial score (nSPS) is 14.6. The van der Waals surface area contributed by atoms with Crippen molar-refractivity contribution in [2.75, 3.05) is 5.32 Å². The first-order chi connectivity index (χ1) is 9.65. The summed E-state index contributed by atoms with van der Waals surface area (Å²) in [4.78, 5) is 16.5. The van der Waals surface area contributed by atoms with Crippen LogP contribution in [0.15, 0.2) is 24.3 Å². The van der Waals surface area contributed by atoms with E-state index in [1.165, 1.54) is 0 Å². The molecule has 1 aliphatic carbocycles. The molecule has 2 aromatic rings. The summed E-state index contributed by atoms with van der Waals surface area (Å²) in [6.45, 7) is 4.20. The van der Waals surface area contributed by atoms with Crippen LogP contribution in [0.25, 0.3) is 0 Å². The standard InChI is InChI=1S/C15H18N4O/c1-9(2)11-5-3-4-6-12(11)16-15(20)14-17-13(18-19-14)10-7-8-10/h3-6,9-10H,7-8H2,1-2H3,(H,16,20)(H,17,18,19). The summed E-state index contributed by atoms with van der Waals surface area (Å²) in [6, 6.07) is 7.81. The zero-order valence-corrected chi connectivity index (χ0v) is 11.7. The minimum atomic E-state index is -0.263. The maximum atomic E-state index is 12.2. The molecule has 0 spiro atoms. The average molecular weight is 270 g/mol. The van der Waals surface area contributed by atoms with Crippen LogP contribution in [0.1, 0.15) is 60.5 Å². The van der Waals surface area contributed by atoms with Crippen molar-refractivity contribution < 1.29 is 4.79 Å². The molecule has 1 fully saturated rings. The lowest BCUT2D eigenvalue weighted by Gasteiger charge is -2.12. The van der Waals surface area contributed by atoms with Crippen molar-refractivity contribution in [1.29, 1.82) is 0 Å². The van der Waals surface area contributed by atoms with Gasteiger partial charge in [0.25, 0.3) is 5.91 Å². The molecule has 2 N–H and O–H groups in total. The van der Waals surface area contributed by atoms with Crippen LogP contribution in [0, 0.1) is 0 Å². The predicted octanol–water partition coefficient (Wildman–Crippen LogP) is 3.06. The van der Waals surface area contributed by atoms with E-state index >= 15 is 0 Å². The molecule has 104 valence electrons. The number of nitrogens with zero attached hydrogens (tertiary/aromatic N) is 2. The van der Waals surface area contributed by atoms with Gasteiger partial charge in [0.15, 0.2) is 0 Å². The summed E-state index contributed by atoms with van der Waals surface area (Å²) in [5.74, 6) is 1.59. The number of carbonyl (C=O) groups excluding carboxylic acids is 1. The van der Waals surface area contributed by atoms with Crippen molar-refractivity contribution in [2.24, 2.45) is 0 Å². The van der Waals surface area contributed by atoms with Crippen LogP contribution in [0.4, 0.5) is 5.69 Å². The largest absolute Gasteiger partial charge is 0.319 e. The highest BCUT2D eigenvalue weighted by atomic mass is 16.2. The molecule has 0 saturated heterocycles. The van der Waals surface area contributed by atoms with E-state index in [0.717, 1.165) is 29.9 Å². The second-order valence-electron chi connectivity index (χ2n) is 5.51. The van der Waals surface area contributed by atoms with Gasteiger partial charge in [0.05, 0.1) is 0 Å². The van der Waals surface area contributed by atoms with Crippen LogP contribution in [0.3, 0.4) is 0 Å². The molecule has 5 heteroatoms. The number of aromatic nitrogens is 3. The number of nitrogens with one attached hydrogen (secondary N) is 2. The Kier molecular flexibility index (Phi) is 3.26. The maximum absolute atomic E-state index is 12.2. The first kappa shape index (κ1) is 12.8. The Labute approximate surface area is 117 Å². The summed E-state index contributed by atoms with van der Waals surface area (Å²) in [6.07, 6.45) is 2.26. The number of aromatic amines is 1. The van der Waals surface area contributed by atoms with Crippen LogP contribution in [-0.4, -0.2) is 21.1 Å². The van der Waals surface area contributed by atoms with Crippen molar-refractivity contribution in [2.45, 2.75) is 38.5 Å². The summed E-state index contributed by atoms with van der Waals surface area (Å²) in [7, 11) is 0. The quantitative estimate of drug-likeness (QED) is 0.897. The first-order valence-corrected chi connectivity index (χ1v) is 6.97. The van der Waals surface area contributed by atoms with Crippen LogP contribution < -0.4 is 5.32 Å². The highest BCUT2D eigenvalue weighted by Gasteiger charge is 2.28. The van der Waals surface area contributed by atoms with E-state index < -0.39 is 0 Å². The predicted molar refractivity (Wildman–Crippen MR) is 76.8 cm³/mol. The molecule has 5 nitrogen and oxygen atoms in total. The Bertz CT molecular complexity index is 628. The molecule has 1 aliphatic rings. The van der Waals surface area contributed by atoms with Crippen molar-refractivity contribution in [3.8, 4) is 0 Å². The third-order valence-corrected chi connectivity index (χ3v) is 3.50. The molecule has 0 radical (unpaired) electrons. The van der Waals surface area contributed by atoms with Gasteiger partial charge in [-0.05, 0) is 30.4 Å². The van der Waals surface area contributed by atoms with Gasteiger partial charge in [-0.1, -0.05) is 32.0 Å². The topological polar surface area (TPSA) is 70.7 Å². The van der Waals surface area contributed by atoms with Crippen molar-refractivity contribution in [3.63, 3.8) is 0 Å². The number of amides is 1. The summed E-state index contributed by atoms with van der Waals surface area (Å²) >= 11 is 0. The number of H-pyrrole nitrogens is 1. The van der Waals surface area contributed by atoms with Crippen molar-refractivity contribution in [3.05, 3.63) is 41.5 Å². The molecule has 20 heavy (non-hydrogen) atoms. The van der Waals surface area contributed by atoms with Gasteiger partial charge in [-0.15, -0.1) is 5.10 Å². The smallest absolute Gasteiger partial charge is 0.295 e. The SMILES string of the molecule is CC(C)c1ccccc1NC(=O)c1n[nH]c(C2CC2)n1. The number of rotatable bonds is 4. The van der Waals surface area contributed by atoms with E-state index in [2.05, 4.69) is 34.3 Å². The minimum absolute atomic E-state index is 0.213. The fraction of sp³-hybridized carbons (Fsp3) is 0.400. The molecule has 0 aliphatic heterocycles. The molecule has 3 rings (SSSR count). The number of hydrogen-bond donors (Lipinski definition) is 2. The van der Waals surface area contributed by atoms with Gasteiger partial charge in [0.2, 0.25) is 5.82 Å². The molecule has 0 bridgehead atoms. The maximum Gasteiger partial charge on any atom is 0.295 e. The summed E-state index contributed by atoms with van der Waals surface area (Å²) < 4.78 is 0. The molecule has 1 aromatic heterocycles. The van der Waals surface area contributed by atoms with Crippen LogP contribution >= 0.6 is 0 Å². The summed E-state index contributed by atoms with van der Waals surface area (Å²) in [5.41, 5.74) is 1.93. The highest BCUT2D eigenvalue weighted by molar-refractivity contribution is 6.02. The van der Waals surface area contributed by atoms with Crippen LogP contribution in [-0.2, 0) is 0 Å². The number of benzene rings is 1. The second-order valence-corrected chi connectivity index (χ2v) is 5.51. The number of hydrogen-bond acceptors (Lipinski definition) is 3. The van der Waals surface area contributed by atoms with E-state index in [1.807, 2.05) is 24.3 Å². The fourth-order valence-electron chi connectivity index (χ4n) is 2.21. The Morgan fingerprint density at radius 2 is 2.10 bits per heavy atom. The van der Waals surface area contributed by atoms with Gasteiger partial charge in [-0.2, -0.15) is 0 Å². The number of anilines is 1. The third-order valence-electron chi connectivity index (χ3n) is 3.50. The van der Waals surface area contributed by atoms with Crippen LogP contribution in [0.2, 0.25) is 0 Å². The number of carbonyl (C=O) groups is 1. The van der Waals surface area contributed by atoms with Gasteiger partial charge >= 0.3 is 0 Å². The van der Waals surface area contributed by atoms with Gasteiger partial charge in [-0.3, -0.25) is 9.89 Å². The lowest BCUT2D eigenvalue weighted by atomic mass is 10.0. The average Bonchev–Trinajstić information content (AvgIpc) is 3.16. The second kappa shape index (κ2) is 5.07. The van der Waals surface area contributed by atoms with Gasteiger partial charge in [0.1, 0.15) is 5.82 Å². The minimum Gasteiger partial charge on any atom is -0.319 e. The zero-order valence-electron chi connectivity index (χ0n) is 11.7. The molecule has 1 aromatic carbocycles. The van der Waals surface area contributed by atoms with E-state index in [9.17, 15) is 4.79 Å². The summed E-state index contributed by atoms with van der Waals surface area (Å²) in [5, 5.41) is 9.75. The van der Waals surface area contributed by atoms with E-state index in [4.69, 9.17) is 0 Å². The molecule has 0 atom stereocenters. The monoisotopic (exact) mass is 270 g/mol. The number of para-hydroxylation sites is 1. The van der Waals surface area contributed by atoms with Crippen molar-refractivity contribution >= 4 is 11.6 Å². The molecule has 1 saturated carbocycles. The third kappa shape index (κ3) is 2.57. The lowest BCUT2D eigenvalue weighted by molar-refractivity contribution is 0.101. The van der Waals surface area contributed by atoms with E-state index in [1.54, 1.807) is 0 Å². The van der Waals surface area contributed by atoms with E-state index in [-0.39, 0.29) is 11.7 Å². The van der Waals surface area contributed by atoms with Gasteiger partial charge < -0.3 is 5.32 Å². The Morgan fingerprint density at radius 1 is 1.35 bits per heavy atom. The van der Waals surface area contributed by atoms with E-state index in [0.29, 0.717) is 11.8 Å². The Hall–Kier alpha value is -2.17. The Morgan fingerprint density at radius 3 is 2.80 bits per heavy atom. The molecular weight excluding hydrogens is 252 g/mol. The van der Waals surface area contributed by atoms with Gasteiger partial charge in [0, 0.05) is 11.6 Å². The molecule has 1 heterocycles. The molecule has 0 unspecified atom stereocenters. The van der Waals surface area contributed by atoms with Gasteiger partial charge in [-0.25, -0.2) is 4.98 Å². The zero-order chi connectivity index (χ0) is 14.1. The molecule has 1 amide bonds. The highest BCUT2D eigenvalue weighted by Crippen LogP contribution is 2.37. The lowest BCUT2D eigenvalue weighted by Crippen LogP contribution is -2.15. The van der Waals surface area contributed by atoms with Crippen molar-refractivity contribution in [1.82, 2.24) is 15.2 Å².